The average molecular weight is 485 g/mol. The molecule has 0 spiro atoms. The number of carboxylic acids is 1. The van der Waals surface area contributed by atoms with Crippen LogP contribution >= 0.6 is 0 Å². The Morgan fingerprint density at radius 2 is 1.77 bits per heavy atom. The van der Waals surface area contributed by atoms with Crippen molar-refractivity contribution in [1.82, 2.24) is 14.8 Å². The van der Waals surface area contributed by atoms with Crippen LogP contribution in [0.5, 0.6) is 0 Å². The first kappa shape index (κ1) is 23.6. The highest BCUT2D eigenvalue weighted by Crippen LogP contribution is 2.30. The van der Waals surface area contributed by atoms with Crippen LogP contribution in [0.15, 0.2) is 27.4 Å². The van der Waals surface area contributed by atoms with Crippen LogP contribution in [-0.2, 0) is 14.4 Å². The molecule has 1 aromatic carbocycles. The van der Waals surface area contributed by atoms with Crippen LogP contribution in [0.2, 0.25) is 0 Å². The molecule has 3 fully saturated rings. The quantitative estimate of drug-likeness (QED) is 0.597. The van der Waals surface area contributed by atoms with E-state index < -0.39 is 23.7 Å². The van der Waals surface area contributed by atoms with Crippen molar-refractivity contribution in [3.8, 4) is 0 Å². The zero-order valence-electron chi connectivity index (χ0n) is 19.8. The topological polar surface area (TPSA) is 125 Å². The Balaban J connectivity index is 1.17. The second-order valence-corrected chi connectivity index (χ2v) is 10.0. The maximum absolute atomic E-state index is 12.5. The Morgan fingerprint density at radius 3 is 2.46 bits per heavy atom. The van der Waals surface area contributed by atoms with Gasteiger partial charge in [0, 0.05) is 31.3 Å². The van der Waals surface area contributed by atoms with Crippen molar-refractivity contribution < 1.29 is 23.9 Å². The number of carbonyl (C=O) groups excluding carboxylic acids is 2. The summed E-state index contributed by atoms with van der Waals surface area (Å²) in [6.07, 6.45) is 5.29. The number of oxazole rings is 1. The number of anilines is 1. The molecule has 5 rings (SSSR count). The molecule has 4 heterocycles. The number of nitrogens with zero attached hydrogens (tertiary/aromatic N) is 3. The van der Waals surface area contributed by atoms with Crippen LogP contribution in [0.4, 0.5) is 5.69 Å². The number of nitrogens with one attached hydrogen (secondary N) is 1. The highest BCUT2D eigenvalue weighted by atomic mass is 16.4. The lowest BCUT2D eigenvalue weighted by molar-refractivity contribution is -0.143. The van der Waals surface area contributed by atoms with Gasteiger partial charge >= 0.3 is 11.7 Å². The Morgan fingerprint density at radius 1 is 1.03 bits per heavy atom. The van der Waals surface area contributed by atoms with Crippen LogP contribution in [0.1, 0.15) is 51.0 Å². The van der Waals surface area contributed by atoms with E-state index in [0.717, 1.165) is 70.5 Å². The fourth-order valence-corrected chi connectivity index (χ4v) is 5.69. The van der Waals surface area contributed by atoms with Gasteiger partial charge in [-0.05, 0) is 76.2 Å². The molecule has 0 saturated carbocycles. The number of aromatic nitrogens is 1. The molecule has 0 bridgehead atoms. The number of amides is 2. The fourth-order valence-electron chi connectivity index (χ4n) is 5.69. The van der Waals surface area contributed by atoms with Gasteiger partial charge in [0.25, 0.3) is 0 Å². The van der Waals surface area contributed by atoms with Gasteiger partial charge in [0.15, 0.2) is 5.58 Å². The number of likely N-dealkylation sites (tertiary alicyclic amines) is 1. The minimum absolute atomic E-state index is 0.183. The summed E-state index contributed by atoms with van der Waals surface area (Å²) in [6.45, 7) is 4.63. The molecule has 2 amide bonds. The predicted octanol–water partition coefficient (Wildman–Crippen LogP) is 1.98. The first-order chi connectivity index (χ1) is 16.9. The minimum Gasteiger partial charge on any atom is -0.481 e. The molecular formula is C25H32N4O6. The van der Waals surface area contributed by atoms with Crippen molar-refractivity contribution in [2.24, 2.45) is 11.8 Å². The molecule has 3 aliphatic heterocycles. The number of fused-ring (bicyclic) bond motifs is 1. The molecule has 1 atom stereocenters. The number of aliphatic carboxylic acids is 1. The summed E-state index contributed by atoms with van der Waals surface area (Å²) < 4.78 is 6.84. The molecule has 2 N–H and O–H groups in total. The predicted molar refractivity (Wildman–Crippen MR) is 128 cm³/mol. The number of imide groups is 1. The van der Waals surface area contributed by atoms with E-state index in [-0.39, 0.29) is 24.7 Å². The first-order valence-electron chi connectivity index (χ1n) is 12.6. The number of hydrogen-bond acceptors (Lipinski definition) is 7. The van der Waals surface area contributed by atoms with Crippen molar-refractivity contribution in [1.29, 1.82) is 0 Å². The third kappa shape index (κ3) is 4.98. The van der Waals surface area contributed by atoms with E-state index in [4.69, 9.17) is 9.52 Å². The zero-order valence-corrected chi connectivity index (χ0v) is 19.8. The molecule has 188 valence electrons. The highest BCUT2D eigenvalue weighted by Gasteiger charge is 2.31. The normalized spacial score (nSPS) is 23.1. The molecule has 1 unspecified atom stereocenters. The minimum atomic E-state index is -0.738. The summed E-state index contributed by atoms with van der Waals surface area (Å²) in [4.78, 5) is 52.1. The second-order valence-electron chi connectivity index (χ2n) is 10.0. The van der Waals surface area contributed by atoms with Crippen molar-refractivity contribution in [3.05, 3.63) is 28.7 Å². The average Bonchev–Trinajstić information content (AvgIpc) is 3.18. The van der Waals surface area contributed by atoms with Gasteiger partial charge in [-0.2, -0.15) is 0 Å². The molecule has 10 nitrogen and oxygen atoms in total. The van der Waals surface area contributed by atoms with E-state index in [1.807, 2.05) is 18.2 Å². The summed E-state index contributed by atoms with van der Waals surface area (Å²) >= 11 is 0. The molecule has 35 heavy (non-hydrogen) atoms. The van der Waals surface area contributed by atoms with Gasteiger partial charge in [0.1, 0.15) is 6.04 Å². The molecule has 10 heteroatoms. The van der Waals surface area contributed by atoms with Crippen molar-refractivity contribution in [2.45, 2.75) is 51.0 Å². The van der Waals surface area contributed by atoms with Crippen LogP contribution in [0.3, 0.4) is 0 Å². The maximum Gasteiger partial charge on any atom is 0.420 e. The van der Waals surface area contributed by atoms with Gasteiger partial charge < -0.3 is 19.3 Å². The van der Waals surface area contributed by atoms with E-state index in [1.165, 1.54) is 4.57 Å². The monoisotopic (exact) mass is 484 g/mol. The number of piperidine rings is 3. The summed E-state index contributed by atoms with van der Waals surface area (Å²) in [5, 5.41) is 11.5. The smallest absolute Gasteiger partial charge is 0.420 e. The van der Waals surface area contributed by atoms with Crippen LogP contribution in [0, 0.1) is 11.8 Å². The van der Waals surface area contributed by atoms with Gasteiger partial charge in [-0.3, -0.25) is 24.3 Å². The molecule has 3 aliphatic rings. The lowest BCUT2D eigenvalue weighted by Gasteiger charge is -2.35. The van der Waals surface area contributed by atoms with Crippen molar-refractivity contribution in [2.75, 3.05) is 37.6 Å². The van der Waals surface area contributed by atoms with Crippen LogP contribution in [0.25, 0.3) is 11.1 Å². The van der Waals surface area contributed by atoms with Crippen molar-refractivity contribution in [3.63, 3.8) is 0 Å². The third-order valence-corrected chi connectivity index (χ3v) is 7.89. The maximum atomic E-state index is 12.5. The fraction of sp³-hybridized carbons (Fsp3) is 0.600. The zero-order chi connectivity index (χ0) is 24.5. The Bertz CT molecular complexity index is 1170. The number of carboxylic acid groups (broad SMARTS) is 1. The second kappa shape index (κ2) is 9.85. The molecular weight excluding hydrogens is 452 g/mol. The molecule has 3 saturated heterocycles. The lowest BCUT2D eigenvalue weighted by Crippen LogP contribution is -2.43. The SMILES string of the molecule is O=C1CCC(n2c(=O)oc3cc(N4CCC(CCN5CCC(C(=O)O)CC5)CC4)ccc32)C(=O)N1. The first-order valence-corrected chi connectivity index (χ1v) is 12.6. The number of carbonyl (C=O) groups is 3. The van der Waals surface area contributed by atoms with E-state index >= 15 is 0 Å². The van der Waals surface area contributed by atoms with Gasteiger partial charge in [0.2, 0.25) is 11.8 Å². The molecule has 0 aliphatic carbocycles. The molecule has 1 aromatic heterocycles. The lowest BCUT2D eigenvalue weighted by atomic mass is 9.92. The molecule has 0 radical (unpaired) electrons. The summed E-state index contributed by atoms with van der Waals surface area (Å²) in [5.41, 5.74) is 2.01. The van der Waals surface area contributed by atoms with Gasteiger partial charge in [0.05, 0.1) is 11.4 Å². The Kier molecular flexibility index (Phi) is 6.64. The highest BCUT2D eigenvalue weighted by molar-refractivity contribution is 6.00. The van der Waals surface area contributed by atoms with Gasteiger partial charge in [-0.15, -0.1) is 0 Å². The summed E-state index contributed by atoms with van der Waals surface area (Å²) in [7, 11) is 0. The van der Waals surface area contributed by atoms with E-state index in [1.54, 1.807) is 0 Å². The van der Waals surface area contributed by atoms with Crippen LogP contribution < -0.4 is 16.0 Å². The largest absolute Gasteiger partial charge is 0.481 e. The van der Waals surface area contributed by atoms with E-state index in [0.29, 0.717) is 17.0 Å². The van der Waals surface area contributed by atoms with E-state index in [2.05, 4.69) is 15.1 Å². The Labute approximate surface area is 202 Å². The number of hydrogen-bond donors (Lipinski definition) is 2. The summed E-state index contributed by atoms with van der Waals surface area (Å²) in [5.74, 6) is -1.57. The summed E-state index contributed by atoms with van der Waals surface area (Å²) in [6, 6.07) is 4.92. The van der Waals surface area contributed by atoms with Crippen LogP contribution in [-0.4, -0.2) is 65.1 Å². The van der Waals surface area contributed by atoms with Gasteiger partial charge in [-0.1, -0.05) is 0 Å². The Hall–Kier alpha value is -3.14. The number of rotatable bonds is 6. The third-order valence-electron chi connectivity index (χ3n) is 7.89. The molecule has 2 aromatic rings. The van der Waals surface area contributed by atoms with Crippen molar-refractivity contribution >= 4 is 34.6 Å². The van der Waals surface area contributed by atoms with E-state index in [9.17, 15) is 19.2 Å². The standard InChI is InChI=1S/C25H32N4O6/c30-22-4-3-20(23(31)26-22)29-19-2-1-18(15-21(19)35-25(29)34)28-13-6-16(7-14-28)5-10-27-11-8-17(9-12-27)24(32)33/h1-2,15-17,20H,3-14H2,(H,32,33)(H,26,30,31). The number of benzene rings is 1. The van der Waals surface area contributed by atoms with Gasteiger partial charge in [-0.25, -0.2) is 4.79 Å².